The topological polar surface area (TPSA) is 44.8 Å². The highest BCUT2D eigenvalue weighted by Crippen LogP contribution is 2.17. The van der Waals surface area contributed by atoms with Gasteiger partial charge < -0.3 is 13.3 Å². The summed E-state index contributed by atoms with van der Waals surface area (Å²) in [6.45, 7) is 6.86. The summed E-state index contributed by atoms with van der Waals surface area (Å²) >= 11 is 0. The zero-order chi connectivity index (χ0) is 14.8. The van der Waals surface area contributed by atoms with Gasteiger partial charge in [0.05, 0.1) is 0 Å². The number of rotatable bonds is 10. The summed E-state index contributed by atoms with van der Waals surface area (Å²) < 4.78 is 17.6. The Balaban J connectivity index is 2.77. The molecular weight excluding hydrogens is 272 g/mol. The van der Waals surface area contributed by atoms with Crippen molar-refractivity contribution in [3.8, 4) is 0 Å². The van der Waals surface area contributed by atoms with Crippen LogP contribution in [0.15, 0.2) is 30.3 Å². The van der Waals surface area contributed by atoms with Gasteiger partial charge in [-0.15, -0.1) is 0 Å². The van der Waals surface area contributed by atoms with E-state index in [4.69, 9.17) is 13.3 Å². The smallest absolute Gasteiger partial charge is 0.374 e. The Bertz CT molecular complexity index is 388. The van der Waals surface area contributed by atoms with Crippen molar-refractivity contribution in [1.82, 2.24) is 0 Å². The van der Waals surface area contributed by atoms with Gasteiger partial charge in [-0.05, 0) is 26.3 Å². The second-order valence-corrected chi connectivity index (χ2v) is 7.10. The second kappa shape index (κ2) is 9.02. The largest absolute Gasteiger partial charge is 0.505 e. The molecule has 0 aliphatic heterocycles. The fraction of sp³-hybridized carbons (Fsp3) is 0.533. The summed E-state index contributed by atoms with van der Waals surface area (Å²) in [5.74, 6) is 0.112. The average Bonchev–Trinajstić information content (AvgIpc) is 2.40. The van der Waals surface area contributed by atoms with E-state index in [1.807, 2.05) is 44.2 Å². The fourth-order valence-electron chi connectivity index (χ4n) is 1.91. The lowest BCUT2D eigenvalue weighted by atomic mass is 10.2. The Hall–Kier alpha value is -1.01. The van der Waals surface area contributed by atoms with Crippen molar-refractivity contribution in [1.29, 1.82) is 0 Å². The molecule has 20 heavy (non-hydrogen) atoms. The van der Waals surface area contributed by atoms with Gasteiger partial charge in [-0.25, -0.2) is 0 Å². The summed E-state index contributed by atoms with van der Waals surface area (Å²) in [5, 5.41) is 0. The Morgan fingerprint density at radius 3 is 2.15 bits per heavy atom. The van der Waals surface area contributed by atoms with E-state index in [2.05, 4.69) is 0 Å². The van der Waals surface area contributed by atoms with Gasteiger partial charge in [-0.3, -0.25) is 4.79 Å². The van der Waals surface area contributed by atoms with E-state index in [-0.39, 0.29) is 5.78 Å². The van der Waals surface area contributed by atoms with Gasteiger partial charge in [-0.1, -0.05) is 30.3 Å². The molecule has 0 spiro atoms. The van der Waals surface area contributed by atoms with Crippen LogP contribution in [0.3, 0.4) is 0 Å². The molecule has 0 bridgehead atoms. The maximum atomic E-state index is 11.1. The molecule has 0 atom stereocenters. The van der Waals surface area contributed by atoms with Crippen molar-refractivity contribution >= 4 is 14.6 Å². The summed E-state index contributed by atoms with van der Waals surface area (Å²) in [7, 11) is -2.76. The average molecular weight is 296 g/mol. The Kier molecular flexibility index (Phi) is 7.69. The van der Waals surface area contributed by atoms with Crippen LogP contribution in [-0.2, 0) is 24.1 Å². The second-order valence-electron chi connectivity index (χ2n) is 4.51. The predicted octanol–water partition coefficient (Wildman–Crippen LogP) is 2.78. The molecule has 0 saturated carbocycles. The van der Waals surface area contributed by atoms with Crippen molar-refractivity contribution in [2.75, 3.05) is 19.8 Å². The first kappa shape index (κ1) is 17.0. The summed E-state index contributed by atoms with van der Waals surface area (Å²) in [4.78, 5) is 11.1. The van der Waals surface area contributed by atoms with Crippen LogP contribution < -0.4 is 0 Å². The maximum Gasteiger partial charge on any atom is 0.505 e. The quantitative estimate of drug-likeness (QED) is 0.623. The lowest BCUT2D eigenvalue weighted by molar-refractivity contribution is -0.117. The minimum Gasteiger partial charge on any atom is -0.374 e. The number of carbonyl (C=O) groups excluding carboxylic acids is 1. The molecule has 0 saturated heterocycles. The normalized spacial score (nSPS) is 11.6. The lowest BCUT2D eigenvalue weighted by Gasteiger charge is -2.29. The van der Waals surface area contributed by atoms with Gasteiger partial charge in [0.1, 0.15) is 5.78 Å². The van der Waals surface area contributed by atoms with Crippen LogP contribution >= 0.6 is 0 Å². The molecule has 0 heterocycles. The number of hydrogen-bond donors (Lipinski definition) is 0. The number of hydrogen-bond acceptors (Lipinski definition) is 4. The van der Waals surface area contributed by atoms with Crippen molar-refractivity contribution < 1.29 is 18.1 Å². The van der Waals surface area contributed by atoms with E-state index in [1.54, 1.807) is 6.92 Å². The summed E-state index contributed by atoms with van der Waals surface area (Å²) in [6, 6.07) is 10.7. The molecule has 0 amide bonds. The van der Waals surface area contributed by atoms with Gasteiger partial charge in [0.25, 0.3) is 0 Å². The zero-order valence-electron chi connectivity index (χ0n) is 12.6. The van der Waals surface area contributed by atoms with Gasteiger partial charge in [0.15, 0.2) is 0 Å². The first-order valence-corrected chi connectivity index (χ1v) is 9.00. The van der Waals surface area contributed by atoms with Gasteiger partial charge in [0.2, 0.25) is 0 Å². The van der Waals surface area contributed by atoms with Crippen molar-refractivity contribution in [3.05, 3.63) is 35.9 Å². The molecule has 0 radical (unpaired) electrons. The molecule has 0 fully saturated rings. The van der Waals surface area contributed by atoms with Gasteiger partial charge in [-0.2, -0.15) is 0 Å². The molecular formula is C15H24O4Si. The van der Waals surface area contributed by atoms with E-state index in [1.165, 1.54) is 0 Å². The van der Waals surface area contributed by atoms with Crippen molar-refractivity contribution in [2.45, 2.75) is 33.2 Å². The van der Waals surface area contributed by atoms with E-state index in [9.17, 15) is 4.79 Å². The van der Waals surface area contributed by atoms with Crippen LogP contribution in [-0.4, -0.2) is 34.4 Å². The van der Waals surface area contributed by atoms with Crippen LogP contribution in [0.2, 0.25) is 0 Å². The summed E-state index contributed by atoms with van der Waals surface area (Å²) in [6.07, 6.45) is 0.393. The number of ketones is 1. The third kappa shape index (κ3) is 5.96. The molecule has 0 aromatic heterocycles. The van der Waals surface area contributed by atoms with Crippen LogP contribution in [0.25, 0.3) is 0 Å². The van der Waals surface area contributed by atoms with E-state index in [0.29, 0.717) is 32.3 Å². The standard InChI is InChI=1S/C15H24O4Si/c1-4-17-20(18-5-2,19-12-11-14(3)16)13-15-9-7-6-8-10-15/h6-10H,4-5,11-13H2,1-3H3. The predicted molar refractivity (Wildman–Crippen MR) is 80.4 cm³/mol. The SMILES string of the molecule is CCO[Si](Cc1ccccc1)(OCC)OCCC(C)=O. The fourth-order valence-corrected chi connectivity index (χ4v) is 4.50. The molecule has 1 aromatic carbocycles. The molecule has 0 aliphatic carbocycles. The molecule has 5 heteroatoms. The minimum absolute atomic E-state index is 0.112. The van der Waals surface area contributed by atoms with Crippen molar-refractivity contribution in [3.63, 3.8) is 0 Å². The highest BCUT2D eigenvalue weighted by molar-refractivity contribution is 6.60. The Morgan fingerprint density at radius 2 is 1.65 bits per heavy atom. The molecule has 0 unspecified atom stereocenters. The third-order valence-electron chi connectivity index (χ3n) is 2.77. The van der Waals surface area contributed by atoms with E-state index < -0.39 is 8.80 Å². The minimum atomic E-state index is -2.76. The Labute approximate surface area is 122 Å². The third-order valence-corrected chi connectivity index (χ3v) is 5.71. The van der Waals surface area contributed by atoms with Gasteiger partial charge in [0, 0.05) is 32.3 Å². The molecule has 4 nitrogen and oxygen atoms in total. The number of Topliss-reactive ketones (excluding diaryl/α,β-unsaturated/α-hetero) is 1. The summed E-state index contributed by atoms with van der Waals surface area (Å²) in [5.41, 5.74) is 1.13. The van der Waals surface area contributed by atoms with Crippen LogP contribution in [0.1, 0.15) is 32.8 Å². The number of carbonyl (C=O) groups is 1. The monoisotopic (exact) mass is 296 g/mol. The lowest BCUT2D eigenvalue weighted by Crippen LogP contribution is -2.49. The maximum absolute atomic E-state index is 11.1. The van der Waals surface area contributed by atoms with Gasteiger partial charge >= 0.3 is 8.80 Å². The van der Waals surface area contributed by atoms with E-state index in [0.717, 1.165) is 5.56 Å². The first-order valence-electron chi connectivity index (χ1n) is 7.07. The van der Waals surface area contributed by atoms with E-state index >= 15 is 0 Å². The number of benzene rings is 1. The van der Waals surface area contributed by atoms with Crippen LogP contribution in [0.4, 0.5) is 0 Å². The Morgan fingerprint density at radius 1 is 1.05 bits per heavy atom. The highest BCUT2D eigenvalue weighted by atomic mass is 28.4. The van der Waals surface area contributed by atoms with Crippen molar-refractivity contribution in [2.24, 2.45) is 0 Å². The molecule has 1 rings (SSSR count). The molecule has 0 N–H and O–H groups in total. The first-order chi connectivity index (χ1) is 9.62. The van der Waals surface area contributed by atoms with Crippen LogP contribution in [0, 0.1) is 0 Å². The van der Waals surface area contributed by atoms with Crippen LogP contribution in [0.5, 0.6) is 0 Å². The molecule has 112 valence electrons. The zero-order valence-corrected chi connectivity index (χ0v) is 13.6. The molecule has 0 aliphatic rings. The molecule has 1 aromatic rings. The highest BCUT2D eigenvalue weighted by Gasteiger charge is 2.40.